The van der Waals surface area contributed by atoms with Gasteiger partial charge in [-0.1, -0.05) is 41.1 Å². The lowest BCUT2D eigenvalue weighted by Crippen LogP contribution is -2.46. The molecule has 0 aliphatic carbocycles. The summed E-state index contributed by atoms with van der Waals surface area (Å²) in [5.74, 6) is 0.715. The maximum absolute atomic E-state index is 13.1. The Balaban J connectivity index is 1.46. The van der Waals surface area contributed by atoms with Crippen molar-refractivity contribution in [3.05, 3.63) is 46.5 Å². The molecule has 2 aliphatic rings. The first-order valence-electron chi connectivity index (χ1n) is 10.4. The summed E-state index contributed by atoms with van der Waals surface area (Å²) in [5.41, 5.74) is 3.54. The number of amidine groups is 1. The van der Waals surface area contributed by atoms with E-state index in [2.05, 4.69) is 10.3 Å². The van der Waals surface area contributed by atoms with Gasteiger partial charge in [0.05, 0.1) is 24.9 Å². The van der Waals surface area contributed by atoms with Gasteiger partial charge in [0, 0.05) is 24.2 Å². The summed E-state index contributed by atoms with van der Waals surface area (Å²) in [6, 6.07) is 9.30. The van der Waals surface area contributed by atoms with Crippen molar-refractivity contribution in [1.29, 1.82) is 0 Å². The Labute approximate surface area is 201 Å². The second-order valence-electron chi connectivity index (χ2n) is 7.87. The molecule has 0 aromatic heterocycles. The molecule has 2 heterocycles. The molecule has 1 unspecified atom stereocenters. The molecule has 10 heteroatoms. The van der Waals surface area contributed by atoms with Gasteiger partial charge in [0.2, 0.25) is 11.8 Å². The minimum atomic E-state index is -0.523. The van der Waals surface area contributed by atoms with Crippen LogP contribution in [0.15, 0.2) is 35.3 Å². The molecular formula is C23H25ClN4O4S. The second-order valence-corrected chi connectivity index (χ2v) is 9.45. The zero-order valence-electron chi connectivity index (χ0n) is 18.8. The van der Waals surface area contributed by atoms with Crippen LogP contribution in [0.3, 0.4) is 0 Å². The van der Waals surface area contributed by atoms with E-state index in [9.17, 15) is 9.59 Å². The Morgan fingerprint density at radius 3 is 2.73 bits per heavy atom. The SMILES string of the molecule is COc1cc(Cl)c(OC)c(N2CN=C3SC(CC(=O)Nc4ccc(C)cc4C)C(=O)N3C2)c1. The molecule has 1 fully saturated rings. The van der Waals surface area contributed by atoms with Gasteiger partial charge in [-0.3, -0.25) is 14.5 Å². The number of hydrogen-bond donors (Lipinski definition) is 1. The van der Waals surface area contributed by atoms with Crippen LogP contribution in [0.25, 0.3) is 0 Å². The third-order valence-electron chi connectivity index (χ3n) is 5.51. The van der Waals surface area contributed by atoms with Gasteiger partial charge in [0.15, 0.2) is 10.9 Å². The molecule has 0 bridgehead atoms. The Morgan fingerprint density at radius 1 is 1.24 bits per heavy atom. The lowest BCUT2D eigenvalue weighted by atomic mass is 10.1. The van der Waals surface area contributed by atoms with Crippen LogP contribution in [-0.4, -0.2) is 54.7 Å². The van der Waals surface area contributed by atoms with Crippen molar-refractivity contribution < 1.29 is 19.1 Å². The van der Waals surface area contributed by atoms with E-state index in [1.807, 2.05) is 36.9 Å². The van der Waals surface area contributed by atoms with Gasteiger partial charge < -0.3 is 19.7 Å². The number of anilines is 2. The summed E-state index contributed by atoms with van der Waals surface area (Å²) < 4.78 is 10.8. The standard InChI is InChI=1S/C23H25ClN4O4S/c1-13-5-6-17(14(2)7-13)26-20(29)10-19-22(30)28-12-27(11-25-23(28)33-19)18-9-15(31-3)8-16(24)21(18)32-4/h5-9,19H,10-12H2,1-4H3,(H,26,29). The smallest absolute Gasteiger partial charge is 0.244 e. The molecule has 174 valence electrons. The minimum Gasteiger partial charge on any atom is -0.497 e. The highest BCUT2D eigenvalue weighted by molar-refractivity contribution is 8.15. The summed E-state index contributed by atoms with van der Waals surface area (Å²) in [4.78, 5) is 33.8. The fraction of sp³-hybridized carbons (Fsp3) is 0.348. The van der Waals surface area contributed by atoms with Gasteiger partial charge in [0.1, 0.15) is 24.3 Å². The van der Waals surface area contributed by atoms with Crippen LogP contribution in [-0.2, 0) is 9.59 Å². The van der Waals surface area contributed by atoms with Crippen molar-refractivity contribution in [3.63, 3.8) is 0 Å². The number of rotatable bonds is 6. The van der Waals surface area contributed by atoms with Gasteiger partial charge in [0.25, 0.3) is 0 Å². The number of thioether (sulfide) groups is 1. The number of hydrogen-bond acceptors (Lipinski definition) is 7. The van der Waals surface area contributed by atoms with Crippen LogP contribution in [0.4, 0.5) is 11.4 Å². The van der Waals surface area contributed by atoms with Gasteiger partial charge >= 0.3 is 0 Å². The molecule has 8 nitrogen and oxygen atoms in total. The Bertz CT molecular complexity index is 1140. The minimum absolute atomic E-state index is 0.0701. The Kier molecular flexibility index (Phi) is 6.71. The highest BCUT2D eigenvalue weighted by atomic mass is 35.5. The summed E-state index contributed by atoms with van der Waals surface area (Å²) >= 11 is 7.67. The number of benzene rings is 2. The largest absolute Gasteiger partial charge is 0.497 e. The first-order chi connectivity index (χ1) is 15.8. The summed E-state index contributed by atoms with van der Waals surface area (Å²) in [6.07, 6.45) is 0.0701. The zero-order valence-corrected chi connectivity index (χ0v) is 20.4. The van der Waals surface area contributed by atoms with Gasteiger partial charge in [-0.2, -0.15) is 0 Å². The first kappa shape index (κ1) is 23.3. The van der Waals surface area contributed by atoms with Gasteiger partial charge in [-0.15, -0.1) is 0 Å². The zero-order chi connectivity index (χ0) is 23.7. The molecule has 0 saturated carbocycles. The van der Waals surface area contributed by atoms with Gasteiger partial charge in [-0.05, 0) is 25.5 Å². The number of methoxy groups -OCH3 is 2. The first-order valence-corrected chi connectivity index (χ1v) is 11.6. The van der Waals surface area contributed by atoms with Crippen LogP contribution in [0.1, 0.15) is 17.5 Å². The molecule has 2 aromatic rings. The molecule has 1 N–H and O–H groups in total. The lowest BCUT2D eigenvalue weighted by Gasteiger charge is -2.33. The average molecular weight is 489 g/mol. The molecule has 0 radical (unpaired) electrons. The third kappa shape index (κ3) is 4.74. The molecular weight excluding hydrogens is 464 g/mol. The monoisotopic (exact) mass is 488 g/mol. The molecule has 1 atom stereocenters. The number of halogens is 1. The molecule has 4 rings (SSSR count). The van der Waals surface area contributed by atoms with E-state index in [0.29, 0.717) is 34.0 Å². The number of aryl methyl sites for hydroxylation is 2. The van der Waals surface area contributed by atoms with E-state index in [1.165, 1.54) is 18.9 Å². The molecule has 33 heavy (non-hydrogen) atoms. The van der Waals surface area contributed by atoms with Crippen molar-refractivity contribution in [3.8, 4) is 11.5 Å². The fourth-order valence-corrected chi connectivity index (χ4v) is 5.24. The van der Waals surface area contributed by atoms with Crippen LogP contribution >= 0.6 is 23.4 Å². The van der Waals surface area contributed by atoms with Crippen LogP contribution in [0.5, 0.6) is 11.5 Å². The predicted molar refractivity (Wildman–Crippen MR) is 132 cm³/mol. The highest BCUT2D eigenvalue weighted by Crippen LogP contribution is 2.41. The Hall–Kier alpha value is -2.91. The van der Waals surface area contributed by atoms with E-state index in [-0.39, 0.29) is 24.9 Å². The maximum atomic E-state index is 13.1. The quantitative estimate of drug-likeness (QED) is 0.660. The number of nitrogens with one attached hydrogen (secondary N) is 1. The third-order valence-corrected chi connectivity index (χ3v) is 7.01. The molecule has 1 saturated heterocycles. The number of carbonyl (C=O) groups is 2. The molecule has 2 amide bonds. The van der Waals surface area contributed by atoms with Crippen LogP contribution in [0.2, 0.25) is 5.02 Å². The topological polar surface area (TPSA) is 83.5 Å². The van der Waals surface area contributed by atoms with Crippen molar-refractivity contribution in [1.82, 2.24) is 4.90 Å². The van der Waals surface area contributed by atoms with Crippen molar-refractivity contribution in [2.24, 2.45) is 4.99 Å². The van der Waals surface area contributed by atoms with Crippen molar-refractivity contribution in [2.75, 3.05) is 37.8 Å². The number of aliphatic imine (C=N–C) groups is 1. The van der Waals surface area contributed by atoms with Gasteiger partial charge in [-0.25, -0.2) is 4.99 Å². The maximum Gasteiger partial charge on any atom is 0.244 e. The number of nitrogens with zero attached hydrogens (tertiary/aromatic N) is 3. The fourth-order valence-electron chi connectivity index (χ4n) is 3.84. The lowest BCUT2D eigenvalue weighted by molar-refractivity contribution is -0.128. The normalized spacial score (nSPS) is 17.5. The van der Waals surface area contributed by atoms with Crippen LogP contribution < -0.4 is 19.7 Å². The number of ether oxygens (including phenoxy) is 2. The van der Waals surface area contributed by atoms with Crippen molar-refractivity contribution >= 4 is 51.7 Å². The molecule has 2 aliphatic heterocycles. The van der Waals surface area contributed by atoms with E-state index in [0.717, 1.165) is 16.8 Å². The molecule has 2 aromatic carbocycles. The number of amides is 2. The van der Waals surface area contributed by atoms with E-state index in [1.54, 1.807) is 24.1 Å². The summed E-state index contributed by atoms with van der Waals surface area (Å²) in [7, 11) is 3.10. The van der Waals surface area contributed by atoms with Crippen molar-refractivity contribution in [2.45, 2.75) is 25.5 Å². The van der Waals surface area contributed by atoms with Crippen LogP contribution in [0, 0.1) is 13.8 Å². The van der Waals surface area contributed by atoms with E-state index in [4.69, 9.17) is 21.1 Å². The highest BCUT2D eigenvalue weighted by Gasteiger charge is 2.42. The number of carbonyl (C=O) groups excluding carboxylic acids is 2. The predicted octanol–water partition coefficient (Wildman–Crippen LogP) is 4.04. The van der Waals surface area contributed by atoms with E-state index < -0.39 is 5.25 Å². The number of fused-ring (bicyclic) bond motifs is 1. The summed E-state index contributed by atoms with van der Waals surface area (Å²) in [6.45, 7) is 4.55. The molecule has 0 spiro atoms. The van der Waals surface area contributed by atoms with E-state index >= 15 is 0 Å². The Morgan fingerprint density at radius 2 is 2.03 bits per heavy atom. The average Bonchev–Trinajstić information content (AvgIpc) is 3.09. The second kappa shape index (κ2) is 9.52. The summed E-state index contributed by atoms with van der Waals surface area (Å²) in [5, 5.41) is 3.42.